The van der Waals surface area contributed by atoms with Crippen LogP contribution in [0.5, 0.6) is 11.5 Å². The Balaban J connectivity index is 1.51. The van der Waals surface area contributed by atoms with E-state index in [1.54, 1.807) is 49.6 Å². The van der Waals surface area contributed by atoms with E-state index in [0.717, 1.165) is 0 Å². The number of ether oxygens (including phenoxy) is 2. The largest absolute Gasteiger partial charge is 0.493 e. The Labute approximate surface area is 175 Å². The Morgan fingerprint density at radius 1 is 1.00 bits per heavy atom. The van der Waals surface area contributed by atoms with E-state index < -0.39 is 0 Å². The summed E-state index contributed by atoms with van der Waals surface area (Å²) in [6.07, 6.45) is 0. The van der Waals surface area contributed by atoms with E-state index in [1.807, 2.05) is 6.07 Å². The summed E-state index contributed by atoms with van der Waals surface area (Å²) in [6.45, 7) is 0. The summed E-state index contributed by atoms with van der Waals surface area (Å²) in [6, 6.07) is 14.0. The molecule has 29 heavy (non-hydrogen) atoms. The van der Waals surface area contributed by atoms with Gasteiger partial charge in [-0.15, -0.1) is 10.2 Å². The molecule has 3 rings (SSSR count). The summed E-state index contributed by atoms with van der Waals surface area (Å²) in [5, 5.41) is 13.8. The Morgan fingerprint density at radius 2 is 1.76 bits per heavy atom. The fourth-order valence-electron chi connectivity index (χ4n) is 2.32. The van der Waals surface area contributed by atoms with E-state index in [9.17, 15) is 9.59 Å². The Hall–Kier alpha value is -3.11. The van der Waals surface area contributed by atoms with E-state index in [0.29, 0.717) is 32.2 Å². The van der Waals surface area contributed by atoms with Crippen LogP contribution in [0, 0.1) is 0 Å². The minimum atomic E-state index is -0.260. The molecule has 2 amide bonds. The van der Waals surface area contributed by atoms with Crippen molar-refractivity contribution in [2.75, 3.05) is 30.6 Å². The van der Waals surface area contributed by atoms with Crippen LogP contribution in [0.15, 0.2) is 52.9 Å². The van der Waals surface area contributed by atoms with Gasteiger partial charge < -0.3 is 14.8 Å². The second-order valence-corrected chi connectivity index (χ2v) is 7.80. The summed E-state index contributed by atoms with van der Waals surface area (Å²) in [7, 11) is 3.08. The van der Waals surface area contributed by atoms with Gasteiger partial charge in [0.25, 0.3) is 5.91 Å². The maximum Gasteiger partial charge on any atom is 0.257 e. The minimum Gasteiger partial charge on any atom is -0.493 e. The Morgan fingerprint density at radius 3 is 2.48 bits per heavy atom. The van der Waals surface area contributed by atoms with Crippen LogP contribution in [0.1, 0.15) is 10.4 Å². The predicted molar refractivity (Wildman–Crippen MR) is 113 cm³/mol. The first kappa shape index (κ1) is 20.6. The van der Waals surface area contributed by atoms with Gasteiger partial charge in [0.15, 0.2) is 15.8 Å². The lowest BCUT2D eigenvalue weighted by Crippen LogP contribution is -2.14. The lowest BCUT2D eigenvalue weighted by Gasteiger charge is -2.10. The monoisotopic (exact) mass is 430 g/mol. The van der Waals surface area contributed by atoms with Crippen LogP contribution in [0.4, 0.5) is 10.8 Å². The topological polar surface area (TPSA) is 102 Å². The lowest BCUT2D eigenvalue weighted by atomic mass is 10.2. The van der Waals surface area contributed by atoms with E-state index >= 15 is 0 Å². The van der Waals surface area contributed by atoms with Gasteiger partial charge in [0, 0.05) is 17.3 Å². The number of amides is 2. The number of benzene rings is 2. The first-order chi connectivity index (χ1) is 14.1. The number of carbonyl (C=O) groups excluding carboxylic acids is 2. The third-order valence-electron chi connectivity index (χ3n) is 3.66. The number of anilines is 2. The van der Waals surface area contributed by atoms with Crippen LogP contribution >= 0.6 is 23.1 Å². The average Bonchev–Trinajstić information content (AvgIpc) is 3.20. The zero-order valence-electron chi connectivity index (χ0n) is 15.7. The summed E-state index contributed by atoms with van der Waals surface area (Å²) >= 11 is 2.44. The van der Waals surface area contributed by atoms with Crippen LogP contribution in [-0.2, 0) is 4.79 Å². The molecule has 3 aromatic rings. The first-order valence-electron chi connectivity index (χ1n) is 8.43. The van der Waals surface area contributed by atoms with Gasteiger partial charge in [-0.25, -0.2) is 0 Å². The number of nitrogens with one attached hydrogen (secondary N) is 2. The van der Waals surface area contributed by atoms with Crippen LogP contribution in [0.25, 0.3) is 0 Å². The summed E-state index contributed by atoms with van der Waals surface area (Å²) in [4.78, 5) is 24.3. The van der Waals surface area contributed by atoms with Crippen molar-refractivity contribution in [1.29, 1.82) is 0 Å². The van der Waals surface area contributed by atoms with Gasteiger partial charge in [-0.05, 0) is 24.3 Å². The van der Waals surface area contributed by atoms with Crippen molar-refractivity contribution in [3.63, 3.8) is 0 Å². The Bertz CT molecular complexity index is 995. The van der Waals surface area contributed by atoms with Crippen molar-refractivity contribution in [3.05, 3.63) is 54.1 Å². The molecule has 2 N–H and O–H groups in total. The maximum absolute atomic E-state index is 12.2. The highest BCUT2D eigenvalue weighted by atomic mass is 32.2. The second kappa shape index (κ2) is 9.89. The number of thioether (sulfide) groups is 1. The molecule has 0 spiro atoms. The summed E-state index contributed by atoms with van der Waals surface area (Å²) in [5.41, 5.74) is 1.13. The molecule has 150 valence electrons. The fraction of sp³-hybridized carbons (Fsp3) is 0.158. The van der Waals surface area contributed by atoms with Gasteiger partial charge in [-0.2, -0.15) is 0 Å². The van der Waals surface area contributed by atoms with E-state index in [1.165, 1.54) is 30.2 Å². The van der Waals surface area contributed by atoms with Crippen molar-refractivity contribution in [1.82, 2.24) is 10.2 Å². The molecule has 0 unspecified atom stereocenters. The average molecular weight is 431 g/mol. The van der Waals surface area contributed by atoms with Gasteiger partial charge in [0.05, 0.1) is 20.0 Å². The van der Waals surface area contributed by atoms with Gasteiger partial charge in [-0.3, -0.25) is 14.9 Å². The molecule has 0 radical (unpaired) electrons. The molecule has 0 saturated heterocycles. The molecule has 0 bridgehead atoms. The third-order valence-corrected chi connectivity index (χ3v) is 5.63. The lowest BCUT2D eigenvalue weighted by molar-refractivity contribution is -0.113. The van der Waals surface area contributed by atoms with Gasteiger partial charge in [-0.1, -0.05) is 41.3 Å². The van der Waals surface area contributed by atoms with Crippen molar-refractivity contribution in [2.24, 2.45) is 0 Å². The zero-order valence-corrected chi connectivity index (χ0v) is 17.3. The summed E-state index contributed by atoms with van der Waals surface area (Å²) in [5.74, 6) is 0.798. The van der Waals surface area contributed by atoms with Crippen LogP contribution in [0.2, 0.25) is 0 Å². The normalized spacial score (nSPS) is 10.3. The summed E-state index contributed by atoms with van der Waals surface area (Å²) < 4.78 is 11.0. The van der Waals surface area contributed by atoms with E-state index in [2.05, 4.69) is 20.8 Å². The number of aromatic nitrogens is 2. The van der Waals surface area contributed by atoms with Crippen molar-refractivity contribution < 1.29 is 19.1 Å². The van der Waals surface area contributed by atoms with E-state index in [4.69, 9.17) is 9.47 Å². The number of nitrogens with zero attached hydrogens (tertiary/aromatic N) is 2. The highest BCUT2D eigenvalue weighted by Gasteiger charge is 2.12. The quantitative estimate of drug-likeness (QED) is 0.416. The molecule has 1 aromatic heterocycles. The molecule has 0 aliphatic heterocycles. The number of rotatable bonds is 8. The molecule has 0 aliphatic rings. The molecule has 10 heteroatoms. The van der Waals surface area contributed by atoms with Crippen LogP contribution in [-0.4, -0.2) is 42.0 Å². The van der Waals surface area contributed by atoms with Gasteiger partial charge in [0.1, 0.15) is 0 Å². The van der Waals surface area contributed by atoms with Crippen LogP contribution < -0.4 is 20.1 Å². The Kier molecular flexibility index (Phi) is 7.04. The zero-order chi connectivity index (χ0) is 20.6. The van der Waals surface area contributed by atoms with Crippen LogP contribution in [0.3, 0.4) is 0 Å². The third kappa shape index (κ3) is 5.69. The standard InChI is InChI=1S/C19H18N4O4S2/c1-26-14-9-8-13(10-15(14)27-2)20-16(24)11-28-19-23-22-18(29-19)21-17(25)12-6-4-3-5-7-12/h3-10H,11H2,1-2H3,(H,20,24)(H,21,22,25). The number of hydrogen-bond donors (Lipinski definition) is 2. The van der Waals surface area contributed by atoms with Crippen molar-refractivity contribution in [2.45, 2.75) is 4.34 Å². The molecule has 0 aliphatic carbocycles. The SMILES string of the molecule is COc1ccc(NC(=O)CSc2nnc(NC(=O)c3ccccc3)s2)cc1OC. The van der Waals surface area contributed by atoms with E-state index in [-0.39, 0.29) is 17.6 Å². The molecule has 8 nitrogen and oxygen atoms in total. The molecule has 0 fully saturated rings. The molecular weight excluding hydrogens is 412 g/mol. The molecule has 2 aromatic carbocycles. The number of hydrogen-bond acceptors (Lipinski definition) is 8. The number of carbonyl (C=O) groups is 2. The van der Waals surface area contributed by atoms with Crippen molar-refractivity contribution in [3.8, 4) is 11.5 Å². The first-order valence-corrected chi connectivity index (χ1v) is 10.2. The second-order valence-electron chi connectivity index (χ2n) is 5.60. The molecule has 1 heterocycles. The highest BCUT2D eigenvalue weighted by Crippen LogP contribution is 2.30. The maximum atomic E-state index is 12.2. The fourth-order valence-corrected chi connectivity index (χ4v) is 3.86. The number of methoxy groups -OCH3 is 2. The predicted octanol–water partition coefficient (Wildman–Crippen LogP) is 3.54. The highest BCUT2D eigenvalue weighted by molar-refractivity contribution is 8.01. The molecule has 0 atom stereocenters. The van der Waals surface area contributed by atoms with Gasteiger partial charge in [0.2, 0.25) is 11.0 Å². The molecular formula is C19H18N4O4S2. The smallest absolute Gasteiger partial charge is 0.257 e. The van der Waals surface area contributed by atoms with Gasteiger partial charge >= 0.3 is 0 Å². The molecule has 0 saturated carbocycles. The minimum absolute atomic E-state index is 0.148. The van der Waals surface area contributed by atoms with Crippen molar-refractivity contribution >= 4 is 45.7 Å².